The Hall–Kier alpha value is -1.95. The van der Waals surface area contributed by atoms with Gasteiger partial charge in [-0.3, -0.25) is 4.79 Å². The first kappa shape index (κ1) is 16.9. The first-order valence-corrected chi connectivity index (χ1v) is 8.82. The zero-order valence-corrected chi connectivity index (χ0v) is 14.7. The zero-order valence-electron chi connectivity index (χ0n) is 14.7. The average molecular weight is 330 g/mol. The Morgan fingerprint density at radius 3 is 2.75 bits per heavy atom. The number of methoxy groups -OCH3 is 1. The Kier molecular flexibility index (Phi) is 4.85. The van der Waals surface area contributed by atoms with Crippen molar-refractivity contribution in [3.8, 4) is 0 Å². The van der Waals surface area contributed by atoms with Gasteiger partial charge in [0.1, 0.15) is 0 Å². The Labute approximate surface area is 142 Å². The van der Waals surface area contributed by atoms with Crippen LogP contribution in [0.2, 0.25) is 0 Å². The third kappa shape index (κ3) is 3.02. The van der Waals surface area contributed by atoms with Crippen molar-refractivity contribution >= 4 is 22.8 Å². The van der Waals surface area contributed by atoms with Crippen LogP contribution >= 0.6 is 0 Å². The van der Waals surface area contributed by atoms with Gasteiger partial charge in [-0.25, -0.2) is 4.98 Å². The van der Waals surface area contributed by atoms with E-state index >= 15 is 0 Å². The van der Waals surface area contributed by atoms with E-state index < -0.39 is 0 Å². The topological polar surface area (TPSA) is 83.0 Å². The van der Waals surface area contributed by atoms with E-state index in [1.165, 1.54) is 4.68 Å². The van der Waals surface area contributed by atoms with Crippen LogP contribution in [0.3, 0.4) is 0 Å². The highest BCUT2D eigenvalue weighted by Crippen LogP contribution is 2.39. The molecule has 0 amide bonds. The largest absolute Gasteiger partial charge is 0.382 e. The lowest BCUT2D eigenvalue weighted by atomic mass is 9.94. The van der Waals surface area contributed by atoms with Crippen molar-refractivity contribution < 1.29 is 9.53 Å². The molecule has 0 spiro atoms. The van der Waals surface area contributed by atoms with Crippen LogP contribution in [-0.2, 0) is 4.74 Å². The lowest BCUT2D eigenvalue weighted by Crippen LogP contribution is -2.33. The minimum atomic E-state index is -0.237. The molecule has 2 aromatic rings. The van der Waals surface area contributed by atoms with Gasteiger partial charge < -0.3 is 10.5 Å². The fourth-order valence-corrected chi connectivity index (χ4v) is 3.35. The molecular weight excluding hydrogens is 304 g/mol. The van der Waals surface area contributed by atoms with Crippen LogP contribution in [0.25, 0.3) is 11.0 Å². The number of carbonyl (C=O) groups is 1. The minimum Gasteiger partial charge on any atom is -0.382 e. The smallest absolute Gasteiger partial charge is 0.254 e. The molecule has 130 valence electrons. The van der Waals surface area contributed by atoms with Crippen LogP contribution < -0.4 is 5.73 Å². The molecular formula is C18H26N4O2. The van der Waals surface area contributed by atoms with Crippen molar-refractivity contribution in [1.82, 2.24) is 14.8 Å². The predicted molar refractivity (Wildman–Crippen MR) is 94.0 cm³/mol. The van der Waals surface area contributed by atoms with Crippen molar-refractivity contribution in [2.45, 2.75) is 58.0 Å². The van der Waals surface area contributed by atoms with E-state index in [-0.39, 0.29) is 17.9 Å². The lowest BCUT2D eigenvalue weighted by Gasteiger charge is -2.23. The van der Waals surface area contributed by atoms with Gasteiger partial charge in [0.2, 0.25) is 0 Å². The summed E-state index contributed by atoms with van der Waals surface area (Å²) in [5.74, 6) is 0.559. The summed E-state index contributed by atoms with van der Waals surface area (Å²) in [6, 6.07) is 3.94. The molecule has 2 N–H and O–H groups in total. The second-order valence-corrected chi connectivity index (χ2v) is 6.59. The maximum atomic E-state index is 13.1. The van der Waals surface area contributed by atoms with E-state index in [0.717, 1.165) is 43.2 Å². The summed E-state index contributed by atoms with van der Waals surface area (Å²) in [6.45, 7) is 4.10. The van der Waals surface area contributed by atoms with E-state index in [0.29, 0.717) is 17.4 Å². The van der Waals surface area contributed by atoms with E-state index in [9.17, 15) is 4.79 Å². The summed E-state index contributed by atoms with van der Waals surface area (Å²) < 4.78 is 6.94. The molecule has 0 radical (unpaired) electrons. The standard InChI is InChI=1S/C18H26N4O2/c1-4-6-12(15(5-2)24-3)18(23)22-17-13(16(19)21-22)9-10-14(20-17)11-7-8-11/h9-12,15H,4-8H2,1-3H3,(H2,19,21). The molecule has 6 nitrogen and oxygen atoms in total. The molecule has 2 unspecified atom stereocenters. The molecule has 1 aliphatic carbocycles. The van der Waals surface area contributed by atoms with Gasteiger partial charge >= 0.3 is 0 Å². The fourth-order valence-electron chi connectivity index (χ4n) is 3.35. The van der Waals surface area contributed by atoms with Crippen LogP contribution in [0, 0.1) is 5.92 Å². The molecule has 0 saturated heterocycles. The summed E-state index contributed by atoms with van der Waals surface area (Å²) >= 11 is 0. The number of pyridine rings is 1. The number of anilines is 1. The molecule has 2 atom stereocenters. The monoisotopic (exact) mass is 330 g/mol. The minimum absolute atomic E-state index is 0.0762. The van der Waals surface area contributed by atoms with Crippen molar-refractivity contribution in [2.24, 2.45) is 5.92 Å². The molecule has 2 aromatic heterocycles. The van der Waals surface area contributed by atoms with Crippen molar-refractivity contribution in [1.29, 1.82) is 0 Å². The predicted octanol–water partition coefficient (Wildman–Crippen LogP) is 3.37. The van der Waals surface area contributed by atoms with Crippen molar-refractivity contribution in [3.63, 3.8) is 0 Å². The summed E-state index contributed by atoms with van der Waals surface area (Å²) in [5.41, 5.74) is 7.62. The van der Waals surface area contributed by atoms with Gasteiger partial charge in [0, 0.05) is 18.7 Å². The number of nitrogen functional groups attached to an aromatic ring is 1. The number of aromatic nitrogens is 3. The molecule has 1 fully saturated rings. The van der Waals surface area contributed by atoms with Gasteiger partial charge in [-0.2, -0.15) is 4.68 Å². The summed E-state index contributed by atoms with van der Waals surface area (Å²) in [6.07, 6.45) is 4.65. The van der Waals surface area contributed by atoms with E-state index in [1.54, 1.807) is 7.11 Å². The van der Waals surface area contributed by atoms with Gasteiger partial charge in [0.05, 0.1) is 17.4 Å². The van der Waals surface area contributed by atoms with E-state index in [4.69, 9.17) is 15.5 Å². The molecule has 6 heteroatoms. The maximum Gasteiger partial charge on any atom is 0.254 e. The second kappa shape index (κ2) is 6.89. The number of rotatable bonds is 7. The number of nitrogens with zero attached hydrogens (tertiary/aromatic N) is 3. The van der Waals surface area contributed by atoms with Crippen molar-refractivity contribution in [3.05, 3.63) is 17.8 Å². The average Bonchev–Trinajstić information content (AvgIpc) is 3.39. The van der Waals surface area contributed by atoms with Crippen LogP contribution in [0.1, 0.15) is 62.4 Å². The molecule has 0 aromatic carbocycles. The molecule has 0 bridgehead atoms. The van der Waals surface area contributed by atoms with Crippen LogP contribution in [0.15, 0.2) is 12.1 Å². The van der Waals surface area contributed by atoms with Gasteiger partial charge in [0.15, 0.2) is 11.5 Å². The summed E-state index contributed by atoms with van der Waals surface area (Å²) in [5, 5.41) is 5.04. The number of hydrogen-bond donors (Lipinski definition) is 1. The molecule has 2 heterocycles. The maximum absolute atomic E-state index is 13.1. The third-order valence-electron chi connectivity index (χ3n) is 4.86. The molecule has 3 rings (SSSR count). The van der Waals surface area contributed by atoms with Gasteiger partial charge in [-0.05, 0) is 37.8 Å². The van der Waals surface area contributed by atoms with Crippen LogP contribution in [-0.4, -0.2) is 33.9 Å². The number of fused-ring (bicyclic) bond motifs is 1. The highest BCUT2D eigenvalue weighted by Gasteiger charge is 2.31. The molecule has 0 aliphatic heterocycles. The number of ether oxygens (including phenoxy) is 1. The number of nitrogens with two attached hydrogens (primary N) is 1. The Morgan fingerprint density at radius 2 is 2.17 bits per heavy atom. The lowest BCUT2D eigenvalue weighted by molar-refractivity contribution is 0.0329. The van der Waals surface area contributed by atoms with Gasteiger partial charge in [-0.1, -0.05) is 20.3 Å². The zero-order chi connectivity index (χ0) is 17.3. The van der Waals surface area contributed by atoms with E-state index in [2.05, 4.69) is 12.0 Å². The quantitative estimate of drug-likeness (QED) is 0.841. The number of carbonyl (C=O) groups excluding carboxylic acids is 1. The Balaban J connectivity index is 2.02. The first-order chi connectivity index (χ1) is 11.6. The van der Waals surface area contributed by atoms with Crippen LogP contribution in [0.5, 0.6) is 0 Å². The Bertz CT molecular complexity index is 732. The van der Waals surface area contributed by atoms with Gasteiger partial charge in [0.25, 0.3) is 5.91 Å². The first-order valence-electron chi connectivity index (χ1n) is 8.82. The SMILES string of the molecule is CCCC(C(=O)n1nc(N)c2ccc(C3CC3)nc21)C(CC)OC. The third-order valence-corrected chi connectivity index (χ3v) is 4.86. The normalized spacial score (nSPS) is 17.1. The van der Waals surface area contributed by atoms with E-state index in [1.807, 2.05) is 19.1 Å². The highest BCUT2D eigenvalue weighted by molar-refractivity contribution is 5.95. The highest BCUT2D eigenvalue weighted by atomic mass is 16.5. The Morgan fingerprint density at radius 1 is 1.42 bits per heavy atom. The second-order valence-electron chi connectivity index (χ2n) is 6.59. The molecule has 1 aliphatic rings. The summed E-state index contributed by atoms with van der Waals surface area (Å²) in [4.78, 5) is 17.8. The fraction of sp³-hybridized carbons (Fsp3) is 0.611. The van der Waals surface area contributed by atoms with Crippen LogP contribution in [0.4, 0.5) is 5.82 Å². The van der Waals surface area contributed by atoms with Gasteiger partial charge in [-0.15, -0.1) is 5.10 Å². The number of hydrogen-bond acceptors (Lipinski definition) is 5. The molecule has 1 saturated carbocycles. The van der Waals surface area contributed by atoms with Crippen molar-refractivity contribution in [2.75, 3.05) is 12.8 Å². The summed E-state index contributed by atoms with van der Waals surface area (Å²) in [7, 11) is 1.66. The molecule has 24 heavy (non-hydrogen) atoms.